The molecule has 0 aliphatic carbocycles. The lowest BCUT2D eigenvalue weighted by Crippen LogP contribution is -2.29. The maximum absolute atomic E-state index is 11.4. The summed E-state index contributed by atoms with van der Waals surface area (Å²) < 4.78 is 27.6. The largest absolute Gasteiger partial charge is 0.482 e. The molecule has 112 valence electrons. The average Bonchev–Trinajstić information content (AvgIpc) is 2.36. The number of carbonyl (C=O) groups is 1. The van der Waals surface area contributed by atoms with E-state index < -0.39 is 9.05 Å². The molecule has 0 saturated carbocycles. The Balaban J connectivity index is 2.84. The van der Waals surface area contributed by atoms with Crippen LogP contribution in [0.2, 0.25) is 10.0 Å². The van der Waals surface area contributed by atoms with Crippen molar-refractivity contribution in [1.29, 1.82) is 0 Å². The molecule has 0 aliphatic rings. The van der Waals surface area contributed by atoms with Crippen molar-refractivity contribution in [2.45, 2.75) is 18.2 Å². The Hall–Kier alpha value is -0.690. The molecule has 20 heavy (non-hydrogen) atoms. The number of hydrogen-bond acceptors (Lipinski definition) is 4. The highest BCUT2D eigenvalue weighted by Gasteiger charge is 2.20. The average molecular weight is 361 g/mol. The molecule has 9 heteroatoms. The van der Waals surface area contributed by atoms with Crippen LogP contribution in [0.5, 0.6) is 5.75 Å². The summed E-state index contributed by atoms with van der Waals surface area (Å²) in [5.74, 6) is -0.208. The van der Waals surface area contributed by atoms with Crippen molar-refractivity contribution in [2.75, 3.05) is 13.2 Å². The molecule has 1 N–H and O–H groups in total. The lowest BCUT2D eigenvalue weighted by molar-refractivity contribution is -0.123. The lowest BCUT2D eigenvalue weighted by atomic mass is 10.3. The van der Waals surface area contributed by atoms with Gasteiger partial charge in [-0.3, -0.25) is 4.79 Å². The van der Waals surface area contributed by atoms with E-state index in [-0.39, 0.29) is 33.2 Å². The molecular weight excluding hydrogens is 349 g/mol. The smallest absolute Gasteiger partial charge is 0.262 e. The number of carbonyl (C=O) groups excluding carboxylic acids is 1. The van der Waals surface area contributed by atoms with Crippen molar-refractivity contribution in [2.24, 2.45) is 0 Å². The van der Waals surface area contributed by atoms with Crippen LogP contribution in [-0.4, -0.2) is 27.5 Å². The first-order valence-electron chi connectivity index (χ1n) is 5.59. The van der Waals surface area contributed by atoms with E-state index >= 15 is 0 Å². The van der Waals surface area contributed by atoms with E-state index in [0.29, 0.717) is 6.54 Å². The van der Waals surface area contributed by atoms with Crippen LogP contribution in [0.25, 0.3) is 0 Å². The maximum Gasteiger partial charge on any atom is 0.262 e. The predicted molar refractivity (Wildman–Crippen MR) is 78.3 cm³/mol. The summed E-state index contributed by atoms with van der Waals surface area (Å²) in [6.45, 7) is 2.21. The van der Waals surface area contributed by atoms with Gasteiger partial charge in [-0.15, -0.1) is 0 Å². The molecule has 1 aromatic carbocycles. The zero-order valence-corrected chi connectivity index (χ0v) is 13.5. The Labute approximate surface area is 131 Å². The van der Waals surface area contributed by atoms with E-state index in [4.69, 9.17) is 38.6 Å². The van der Waals surface area contributed by atoms with Crippen LogP contribution in [-0.2, 0) is 13.8 Å². The monoisotopic (exact) mass is 359 g/mol. The number of halogens is 3. The third-order valence-corrected chi connectivity index (χ3v) is 4.55. The van der Waals surface area contributed by atoms with Crippen molar-refractivity contribution in [3.63, 3.8) is 0 Å². The van der Waals surface area contributed by atoms with Gasteiger partial charge in [0, 0.05) is 17.2 Å². The first kappa shape index (κ1) is 17.4. The van der Waals surface area contributed by atoms with Gasteiger partial charge in [0.1, 0.15) is 15.7 Å². The minimum absolute atomic E-state index is 0.104. The SMILES string of the molecule is CCCNC(=O)COc1ccc(S(=O)(=O)Cl)c(Cl)c1Cl. The maximum atomic E-state index is 11.4. The summed E-state index contributed by atoms with van der Waals surface area (Å²) in [5, 5.41) is 2.26. The normalized spacial score (nSPS) is 11.2. The quantitative estimate of drug-likeness (QED) is 0.792. The number of nitrogens with one attached hydrogen (secondary N) is 1. The Morgan fingerprint density at radius 1 is 1.30 bits per heavy atom. The Morgan fingerprint density at radius 2 is 1.95 bits per heavy atom. The molecule has 0 aliphatic heterocycles. The molecule has 0 aromatic heterocycles. The Bertz CT molecular complexity index is 604. The van der Waals surface area contributed by atoms with Gasteiger partial charge >= 0.3 is 0 Å². The summed E-state index contributed by atoms with van der Waals surface area (Å²) in [6.07, 6.45) is 0.806. The van der Waals surface area contributed by atoms with Crippen molar-refractivity contribution in [3.8, 4) is 5.75 Å². The Kier molecular flexibility index (Phi) is 6.39. The van der Waals surface area contributed by atoms with Gasteiger partial charge in [-0.05, 0) is 18.6 Å². The molecular formula is C11H12Cl3NO4S. The van der Waals surface area contributed by atoms with Crippen LogP contribution in [0.3, 0.4) is 0 Å². The number of amides is 1. The molecule has 1 amide bonds. The summed E-state index contributed by atoms with van der Waals surface area (Å²) in [6, 6.07) is 2.45. The minimum atomic E-state index is -4.00. The van der Waals surface area contributed by atoms with Crippen LogP contribution < -0.4 is 10.1 Å². The lowest BCUT2D eigenvalue weighted by Gasteiger charge is -2.10. The number of rotatable bonds is 6. The zero-order valence-electron chi connectivity index (χ0n) is 10.5. The van der Waals surface area contributed by atoms with E-state index in [9.17, 15) is 13.2 Å². The minimum Gasteiger partial charge on any atom is -0.482 e. The fourth-order valence-corrected chi connectivity index (χ4v) is 3.06. The van der Waals surface area contributed by atoms with Crippen LogP contribution in [0, 0.1) is 0 Å². The van der Waals surface area contributed by atoms with Crippen molar-refractivity contribution in [1.82, 2.24) is 5.32 Å². The third-order valence-electron chi connectivity index (χ3n) is 2.21. The molecule has 0 unspecified atom stereocenters. The molecule has 1 aromatic rings. The van der Waals surface area contributed by atoms with Gasteiger partial charge in [-0.1, -0.05) is 30.1 Å². The second-order valence-corrected chi connectivity index (χ2v) is 7.06. The van der Waals surface area contributed by atoms with Crippen molar-refractivity contribution < 1.29 is 17.9 Å². The Morgan fingerprint density at radius 3 is 2.50 bits per heavy atom. The van der Waals surface area contributed by atoms with E-state index in [2.05, 4.69) is 5.32 Å². The van der Waals surface area contributed by atoms with Gasteiger partial charge < -0.3 is 10.1 Å². The van der Waals surface area contributed by atoms with Crippen LogP contribution in [0.15, 0.2) is 17.0 Å². The second kappa shape index (κ2) is 7.36. The fraction of sp³-hybridized carbons (Fsp3) is 0.364. The van der Waals surface area contributed by atoms with E-state index in [0.717, 1.165) is 12.5 Å². The molecule has 1 rings (SSSR count). The van der Waals surface area contributed by atoms with Crippen molar-refractivity contribution in [3.05, 3.63) is 22.2 Å². The highest BCUT2D eigenvalue weighted by Crippen LogP contribution is 2.37. The molecule has 0 radical (unpaired) electrons. The molecule has 5 nitrogen and oxygen atoms in total. The summed E-state index contributed by atoms with van der Waals surface area (Å²) >= 11 is 11.7. The van der Waals surface area contributed by atoms with Crippen LogP contribution >= 0.6 is 33.9 Å². The molecule has 0 heterocycles. The van der Waals surface area contributed by atoms with Gasteiger partial charge in [-0.2, -0.15) is 0 Å². The van der Waals surface area contributed by atoms with E-state index in [1.165, 1.54) is 6.07 Å². The number of ether oxygens (including phenoxy) is 1. The first-order valence-corrected chi connectivity index (χ1v) is 8.66. The summed E-state index contributed by atoms with van der Waals surface area (Å²) in [7, 11) is 1.20. The van der Waals surface area contributed by atoms with E-state index in [1.807, 2.05) is 6.92 Å². The predicted octanol–water partition coefficient (Wildman–Crippen LogP) is 2.83. The molecule has 0 spiro atoms. The molecule has 0 fully saturated rings. The highest BCUT2D eigenvalue weighted by molar-refractivity contribution is 8.13. The molecule has 0 atom stereocenters. The van der Waals surface area contributed by atoms with Crippen LogP contribution in [0.1, 0.15) is 13.3 Å². The first-order chi connectivity index (χ1) is 9.27. The third kappa shape index (κ3) is 4.70. The van der Waals surface area contributed by atoms with Crippen LogP contribution in [0.4, 0.5) is 0 Å². The molecule has 0 saturated heterocycles. The highest BCUT2D eigenvalue weighted by atomic mass is 35.7. The molecule has 0 bridgehead atoms. The standard InChI is InChI=1S/C11H12Cl3NO4S/c1-2-5-15-9(16)6-19-7-3-4-8(20(14,17)18)11(13)10(7)12/h3-4H,2,5-6H2,1H3,(H,15,16). The fourth-order valence-electron chi connectivity index (χ4n) is 1.27. The van der Waals surface area contributed by atoms with Crippen molar-refractivity contribution >= 4 is 48.8 Å². The van der Waals surface area contributed by atoms with Gasteiger partial charge in [0.2, 0.25) is 0 Å². The summed E-state index contributed by atoms with van der Waals surface area (Å²) in [4.78, 5) is 11.1. The summed E-state index contributed by atoms with van der Waals surface area (Å²) in [5.41, 5.74) is 0. The number of benzene rings is 1. The van der Waals surface area contributed by atoms with Gasteiger partial charge in [0.05, 0.1) is 5.02 Å². The van der Waals surface area contributed by atoms with Gasteiger partial charge in [0.15, 0.2) is 6.61 Å². The number of hydrogen-bond donors (Lipinski definition) is 1. The topological polar surface area (TPSA) is 72.5 Å². The van der Waals surface area contributed by atoms with Gasteiger partial charge in [0.25, 0.3) is 15.0 Å². The van der Waals surface area contributed by atoms with E-state index in [1.54, 1.807) is 0 Å². The zero-order chi connectivity index (χ0) is 15.3. The van der Waals surface area contributed by atoms with Gasteiger partial charge in [-0.25, -0.2) is 8.42 Å². The second-order valence-electron chi connectivity index (χ2n) is 3.77.